The summed E-state index contributed by atoms with van der Waals surface area (Å²) in [5.74, 6) is 2.32. The number of rotatable bonds is 2. The molecule has 42 heavy (non-hydrogen) atoms. The number of phenolic OH excluding ortho intramolecular Hbond substituents is 2. The van der Waals surface area contributed by atoms with Crippen LogP contribution < -0.4 is 9.47 Å². The van der Waals surface area contributed by atoms with E-state index in [9.17, 15) is 10.2 Å². The third-order valence-electron chi connectivity index (χ3n) is 9.93. The number of benzene rings is 4. The van der Waals surface area contributed by atoms with Crippen LogP contribution in [0.2, 0.25) is 0 Å². The van der Waals surface area contributed by atoms with Crippen molar-refractivity contribution in [1.29, 1.82) is 0 Å². The predicted octanol–water partition coefficient (Wildman–Crippen LogP) is 8.26. The highest BCUT2D eigenvalue weighted by Gasteiger charge is 2.25. The average molecular weight is 565 g/mol. The van der Waals surface area contributed by atoms with Gasteiger partial charge in [-0.1, -0.05) is 24.3 Å². The molecule has 0 saturated carbocycles. The maximum absolute atomic E-state index is 11.8. The first-order valence-corrected chi connectivity index (χ1v) is 14.8. The number of aromatic hydroxyl groups is 2. The first-order chi connectivity index (χ1) is 19.9. The Balaban J connectivity index is 1.90. The molecule has 4 nitrogen and oxygen atoms in total. The molecule has 0 unspecified atom stereocenters. The van der Waals surface area contributed by atoms with Gasteiger partial charge in [0.2, 0.25) is 0 Å². The summed E-state index contributed by atoms with van der Waals surface area (Å²) in [7, 11) is 3.49. The van der Waals surface area contributed by atoms with Crippen LogP contribution in [0.4, 0.5) is 0 Å². The van der Waals surface area contributed by atoms with Crippen LogP contribution >= 0.6 is 0 Å². The summed E-state index contributed by atoms with van der Waals surface area (Å²) >= 11 is 0. The van der Waals surface area contributed by atoms with Crippen molar-refractivity contribution in [1.82, 2.24) is 0 Å². The standard InChI is InChI=1S/C38H44O4/c1-19-11-27-15-31-23(5)20(2)12-28(36(31)40)16-33-25(7)22(4)14-30(38(33)42-10)18-34-26(8)21(3)13-29(37(34)41-9)17-32(24(19)6)35(27)39/h11-14,39-40H,15-18H2,1-10H3. The number of hydrogen-bond acceptors (Lipinski definition) is 4. The van der Waals surface area contributed by atoms with Gasteiger partial charge < -0.3 is 19.7 Å². The second-order valence-corrected chi connectivity index (χ2v) is 12.3. The lowest BCUT2D eigenvalue weighted by molar-refractivity contribution is 0.399. The van der Waals surface area contributed by atoms with Crippen LogP contribution in [0.15, 0.2) is 24.3 Å². The Kier molecular flexibility index (Phi) is 7.78. The lowest BCUT2D eigenvalue weighted by Crippen LogP contribution is -2.09. The monoisotopic (exact) mass is 564 g/mol. The molecule has 0 atom stereocenters. The molecule has 0 radical (unpaired) electrons. The van der Waals surface area contributed by atoms with E-state index in [1.165, 1.54) is 22.3 Å². The van der Waals surface area contributed by atoms with E-state index in [1.54, 1.807) is 14.2 Å². The Labute approximate surface area is 251 Å². The van der Waals surface area contributed by atoms with Crippen molar-refractivity contribution in [2.75, 3.05) is 14.2 Å². The van der Waals surface area contributed by atoms with Gasteiger partial charge in [0, 0.05) is 47.9 Å². The quantitative estimate of drug-likeness (QED) is 0.227. The average Bonchev–Trinajstić information content (AvgIpc) is 2.95. The lowest BCUT2D eigenvalue weighted by Gasteiger charge is -2.24. The zero-order valence-electron chi connectivity index (χ0n) is 26.8. The van der Waals surface area contributed by atoms with Gasteiger partial charge in [-0.25, -0.2) is 0 Å². The summed E-state index contributed by atoms with van der Waals surface area (Å²) in [4.78, 5) is 0. The van der Waals surface area contributed by atoms with E-state index in [1.807, 2.05) is 0 Å². The van der Waals surface area contributed by atoms with Gasteiger partial charge >= 0.3 is 0 Å². The SMILES string of the molecule is COc1c2cc(C)c(C)c1Cc1cc(C)c(C)c(c1O)Cc1cc(C)c(C)c(c1O)Cc1cc(C)c(C)c(c1OC)C2. The first-order valence-electron chi connectivity index (χ1n) is 14.8. The van der Waals surface area contributed by atoms with E-state index in [0.29, 0.717) is 37.2 Å². The highest BCUT2D eigenvalue weighted by atomic mass is 16.5. The van der Waals surface area contributed by atoms with Gasteiger partial charge in [-0.05, 0) is 122 Å². The van der Waals surface area contributed by atoms with Crippen molar-refractivity contribution < 1.29 is 19.7 Å². The molecule has 2 N–H and O–H groups in total. The minimum absolute atomic E-state index is 0.298. The Morgan fingerprint density at radius 3 is 1.05 bits per heavy atom. The molecule has 0 spiro atoms. The topological polar surface area (TPSA) is 58.9 Å². The molecule has 4 aromatic carbocycles. The van der Waals surface area contributed by atoms with Gasteiger partial charge in [-0.2, -0.15) is 0 Å². The summed E-state index contributed by atoms with van der Waals surface area (Å²) in [5, 5.41) is 23.5. The maximum atomic E-state index is 11.8. The Bertz CT molecular complexity index is 1740. The minimum Gasteiger partial charge on any atom is -0.507 e. The molecule has 0 saturated heterocycles. The van der Waals surface area contributed by atoms with Gasteiger partial charge in [0.15, 0.2) is 0 Å². The molecule has 1 aliphatic rings. The van der Waals surface area contributed by atoms with E-state index in [4.69, 9.17) is 9.47 Å². The summed E-state index contributed by atoms with van der Waals surface area (Å²) in [6, 6.07) is 8.61. The largest absolute Gasteiger partial charge is 0.507 e. The molecular weight excluding hydrogens is 520 g/mol. The third-order valence-corrected chi connectivity index (χ3v) is 9.93. The number of fused-ring (bicyclic) bond motifs is 8. The molecular formula is C38H44O4. The Morgan fingerprint density at radius 2 is 0.690 bits per heavy atom. The van der Waals surface area contributed by atoms with Gasteiger partial charge in [-0.3, -0.25) is 0 Å². The first kappa shape index (κ1) is 29.6. The fourth-order valence-electron chi connectivity index (χ4n) is 6.83. The third kappa shape index (κ3) is 4.81. The van der Waals surface area contributed by atoms with Crippen LogP contribution in [0, 0.1) is 55.4 Å². The molecule has 0 fully saturated rings. The Hall–Kier alpha value is -3.92. The molecule has 5 rings (SSSR count). The van der Waals surface area contributed by atoms with E-state index in [2.05, 4.69) is 79.7 Å². The van der Waals surface area contributed by atoms with Gasteiger partial charge in [0.05, 0.1) is 14.2 Å². The van der Waals surface area contributed by atoms with E-state index < -0.39 is 0 Å². The van der Waals surface area contributed by atoms with Crippen molar-refractivity contribution in [3.05, 3.63) is 113 Å². The lowest BCUT2D eigenvalue weighted by atomic mass is 9.84. The van der Waals surface area contributed by atoms with Crippen molar-refractivity contribution >= 4 is 0 Å². The van der Waals surface area contributed by atoms with E-state index in [-0.39, 0.29) is 0 Å². The van der Waals surface area contributed by atoms with Crippen LogP contribution in [0.5, 0.6) is 23.0 Å². The zero-order valence-corrected chi connectivity index (χ0v) is 26.8. The van der Waals surface area contributed by atoms with Crippen molar-refractivity contribution in [3.63, 3.8) is 0 Å². The molecule has 0 heterocycles. The van der Waals surface area contributed by atoms with Crippen LogP contribution in [0.25, 0.3) is 0 Å². The summed E-state index contributed by atoms with van der Waals surface area (Å²) in [5.41, 5.74) is 16.9. The minimum atomic E-state index is 0.298. The molecule has 0 amide bonds. The van der Waals surface area contributed by atoms with E-state index in [0.717, 1.165) is 78.3 Å². The molecule has 220 valence electrons. The van der Waals surface area contributed by atoms with Gasteiger partial charge in [-0.15, -0.1) is 0 Å². The summed E-state index contributed by atoms with van der Waals surface area (Å²) < 4.78 is 12.3. The number of ether oxygens (including phenoxy) is 2. The molecule has 8 bridgehead atoms. The van der Waals surface area contributed by atoms with Crippen LogP contribution in [-0.2, 0) is 25.7 Å². The molecule has 0 aliphatic heterocycles. The van der Waals surface area contributed by atoms with Crippen molar-refractivity contribution in [2.24, 2.45) is 0 Å². The van der Waals surface area contributed by atoms with Crippen molar-refractivity contribution in [3.8, 4) is 23.0 Å². The molecule has 4 heteroatoms. The highest BCUT2D eigenvalue weighted by molar-refractivity contribution is 5.62. The number of phenols is 2. The summed E-state index contributed by atoms with van der Waals surface area (Å²) in [6.45, 7) is 16.9. The predicted molar refractivity (Wildman–Crippen MR) is 171 cm³/mol. The molecule has 0 aromatic heterocycles. The molecule has 4 aromatic rings. The van der Waals surface area contributed by atoms with Crippen molar-refractivity contribution in [2.45, 2.75) is 81.1 Å². The highest BCUT2D eigenvalue weighted by Crippen LogP contribution is 2.42. The number of aryl methyl sites for hydroxylation is 4. The molecule has 1 aliphatic carbocycles. The number of methoxy groups -OCH3 is 2. The van der Waals surface area contributed by atoms with Gasteiger partial charge in [0.25, 0.3) is 0 Å². The normalized spacial score (nSPS) is 12.8. The maximum Gasteiger partial charge on any atom is 0.126 e. The Morgan fingerprint density at radius 1 is 0.429 bits per heavy atom. The second-order valence-electron chi connectivity index (χ2n) is 12.3. The second kappa shape index (κ2) is 11.1. The smallest absolute Gasteiger partial charge is 0.126 e. The fraction of sp³-hybridized carbons (Fsp3) is 0.368. The number of hydrogen-bond donors (Lipinski definition) is 2. The summed E-state index contributed by atoms with van der Waals surface area (Å²) in [6.07, 6.45) is 2.18. The zero-order chi connectivity index (χ0) is 30.6. The van der Waals surface area contributed by atoms with Gasteiger partial charge in [0.1, 0.15) is 23.0 Å². The van der Waals surface area contributed by atoms with Crippen LogP contribution in [0.3, 0.4) is 0 Å². The van der Waals surface area contributed by atoms with E-state index >= 15 is 0 Å². The van der Waals surface area contributed by atoms with Crippen LogP contribution in [0.1, 0.15) is 89.0 Å². The fourth-order valence-corrected chi connectivity index (χ4v) is 6.83. The van der Waals surface area contributed by atoms with Crippen LogP contribution in [-0.4, -0.2) is 24.4 Å².